The summed E-state index contributed by atoms with van der Waals surface area (Å²) < 4.78 is 39.0. The maximum atomic E-state index is 13.0. The summed E-state index contributed by atoms with van der Waals surface area (Å²) in [6.07, 6.45) is 0.224. The van der Waals surface area contributed by atoms with Gasteiger partial charge in [0.1, 0.15) is 0 Å². The number of fused-ring (bicyclic) bond motifs is 1. The number of aryl methyl sites for hydroxylation is 1. The van der Waals surface area contributed by atoms with Gasteiger partial charge in [-0.3, -0.25) is 4.98 Å². The zero-order valence-corrected chi connectivity index (χ0v) is 11.3. The number of alkyl halides is 3. The summed E-state index contributed by atoms with van der Waals surface area (Å²) in [5, 5.41) is 3.33. The highest BCUT2D eigenvalue weighted by Gasteiger charge is 2.34. The molecule has 1 N–H and O–H groups in total. The minimum absolute atomic E-state index is 0.00481. The zero-order valence-electron chi connectivity index (χ0n) is 11.3. The fourth-order valence-corrected chi connectivity index (χ4v) is 2.79. The third-order valence-electron chi connectivity index (χ3n) is 3.81. The molecule has 2 heterocycles. The molecular formula is C16H15F3N2. The molecule has 0 spiro atoms. The van der Waals surface area contributed by atoms with Gasteiger partial charge in [-0.05, 0) is 42.5 Å². The van der Waals surface area contributed by atoms with E-state index in [4.69, 9.17) is 0 Å². The van der Waals surface area contributed by atoms with Gasteiger partial charge in [0.05, 0.1) is 5.56 Å². The van der Waals surface area contributed by atoms with E-state index in [2.05, 4.69) is 10.3 Å². The van der Waals surface area contributed by atoms with Crippen molar-refractivity contribution < 1.29 is 13.2 Å². The van der Waals surface area contributed by atoms with Crippen LogP contribution in [0.25, 0.3) is 0 Å². The Kier molecular flexibility index (Phi) is 3.57. The average molecular weight is 292 g/mol. The number of nitrogens with zero attached hydrogens (tertiary/aromatic N) is 1. The van der Waals surface area contributed by atoms with Crippen LogP contribution in [-0.2, 0) is 19.0 Å². The smallest absolute Gasteiger partial charge is 0.382 e. The van der Waals surface area contributed by atoms with Gasteiger partial charge < -0.3 is 5.32 Å². The molecule has 3 rings (SSSR count). The van der Waals surface area contributed by atoms with Crippen molar-refractivity contribution >= 4 is 5.69 Å². The minimum Gasteiger partial charge on any atom is -0.382 e. The summed E-state index contributed by atoms with van der Waals surface area (Å²) >= 11 is 0. The topological polar surface area (TPSA) is 24.9 Å². The third kappa shape index (κ3) is 3.01. The molecule has 2 nitrogen and oxygen atoms in total. The van der Waals surface area contributed by atoms with Crippen molar-refractivity contribution in [3.8, 4) is 0 Å². The summed E-state index contributed by atoms with van der Waals surface area (Å²) in [5.74, 6) is 0. The van der Waals surface area contributed by atoms with Crippen molar-refractivity contribution in [2.75, 3.05) is 5.32 Å². The van der Waals surface area contributed by atoms with E-state index in [9.17, 15) is 13.2 Å². The monoisotopic (exact) mass is 292 g/mol. The van der Waals surface area contributed by atoms with Crippen LogP contribution in [0.5, 0.6) is 0 Å². The van der Waals surface area contributed by atoms with Gasteiger partial charge in [0, 0.05) is 24.1 Å². The lowest BCUT2D eigenvalue weighted by atomic mass is 9.93. The number of pyridine rings is 1. The first-order valence-corrected chi connectivity index (χ1v) is 6.88. The number of hydrogen-bond acceptors (Lipinski definition) is 2. The van der Waals surface area contributed by atoms with E-state index >= 15 is 0 Å². The molecule has 0 saturated carbocycles. The van der Waals surface area contributed by atoms with Crippen LogP contribution in [0.15, 0.2) is 42.7 Å². The predicted molar refractivity (Wildman–Crippen MR) is 75.1 cm³/mol. The molecule has 2 aromatic rings. The normalized spacial score (nSPS) is 18.0. The second-order valence-electron chi connectivity index (χ2n) is 5.27. The quantitative estimate of drug-likeness (QED) is 0.902. The number of halogens is 3. The molecule has 0 radical (unpaired) electrons. The van der Waals surface area contributed by atoms with E-state index in [1.54, 1.807) is 0 Å². The van der Waals surface area contributed by atoms with E-state index < -0.39 is 11.7 Å². The molecule has 110 valence electrons. The van der Waals surface area contributed by atoms with Gasteiger partial charge in [-0.2, -0.15) is 13.2 Å². The van der Waals surface area contributed by atoms with Crippen LogP contribution in [0.4, 0.5) is 18.9 Å². The number of rotatable bonds is 2. The molecule has 1 unspecified atom stereocenters. The number of benzene rings is 1. The van der Waals surface area contributed by atoms with Crippen LogP contribution in [0.2, 0.25) is 0 Å². The molecule has 21 heavy (non-hydrogen) atoms. The van der Waals surface area contributed by atoms with Crippen LogP contribution >= 0.6 is 0 Å². The van der Waals surface area contributed by atoms with Gasteiger partial charge in [-0.25, -0.2) is 0 Å². The molecule has 5 heteroatoms. The molecule has 1 aromatic carbocycles. The van der Waals surface area contributed by atoms with Gasteiger partial charge in [-0.15, -0.1) is 0 Å². The van der Waals surface area contributed by atoms with Gasteiger partial charge in [0.25, 0.3) is 0 Å². The zero-order chi connectivity index (χ0) is 14.9. The number of para-hydroxylation sites is 1. The third-order valence-corrected chi connectivity index (χ3v) is 3.81. The fourth-order valence-electron chi connectivity index (χ4n) is 2.79. The first-order valence-electron chi connectivity index (χ1n) is 6.88. The van der Waals surface area contributed by atoms with Gasteiger partial charge in [0.15, 0.2) is 0 Å². The highest BCUT2D eigenvalue weighted by Crippen LogP contribution is 2.33. The van der Waals surface area contributed by atoms with Crippen molar-refractivity contribution in [1.82, 2.24) is 4.98 Å². The standard InChI is InChI=1S/C16H15F3N2/c17-16(18,19)14-7-8-20-10-12(14)9-13-6-5-11-3-1-2-4-15(11)21-13/h1-4,7-8,10,13,21H,5-6,9H2. The van der Waals surface area contributed by atoms with Gasteiger partial charge >= 0.3 is 6.18 Å². The Morgan fingerprint density at radius 2 is 2.00 bits per heavy atom. The van der Waals surface area contributed by atoms with Gasteiger partial charge in [-0.1, -0.05) is 18.2 Å². The molecule has 0 fully saturated rings. The van der Waals surface area contributed by atoms with Crippen molar-refractivity contribution in [1.29, 1.82) is 0 Å². The van der Waals surface area contributed by atoms with Crippen molar-refractivity contribution in [3.05, 3.63) is 59.4 Å². The number of aromatic nitrogens is 1. The lowest BCUT2D eigenvalue weighted by Crippen LogP contribution is -2.28. The Bertz CT molecular complexity index is 637. The summed E-state index contributed by atoms with van der Waals surface area (Å²) in [5.41, 5.74) is 1.90. The average Bonchev–Trinajstić information content (AvgIpc) is 2.46. The SMILES string of the molecule is FC(F)(F)c1ccncc1CC1CCc2ccccc2N1. The molecule has 0 aliphatic carbocycles. The molecule has 0 bridgehead atoms. The molecule has 1 aromatic heterocycles. The Labute approximate surface area is 121 Å². The van der Waals surface area contributed by atoms with Crippen LogP contribution in [-0.4, -0.2) is 11.0 Å². The Balaban J connectivity index is 1.80. The maximum absolute atomic E-state index is 13.0. The lowest BCUT2D eigenvalue weighted by Gasteiger charge is -2.27. The Hall–Kier alpha value is -2.04. The Morgan fingerprint density at radius 3 is 2.81 bits per heavy atom. The van der Waals surface area contributed by atoms with E-state index in [1.807, 2.05) is 24.3 Å². The first-order chi connectivity index (χ1) is 10.0. The van der Waals surface area contributed by atoms with E-state index in [0.29, 0.717) is 6.42 Å². The minimum atomic E-state index is -4.33. The number of anilines is 1. The van der Waals surface area contributed by atoms with Gasteiger partial charge in [0.2, 0.25) is 0 Å². The van der Waals surface area contributed by atoms with Crippen molar-refractivity contribution in [2.45, 2.75) is 31.5 Å². The summed E-state index contributed by atoms with van der Waals surface area (Å²) in [7, 11) is 0. The largest absolute Gasteiger partial charge is 0.416 e. The molecule has 1 aliphatic rings. The van der Waals surface area contributed by atoms with E-state index in [0.717, 1.165) is 24.6 Å². The van der Waals surface area contributed by atoms with Crippen LogP contribution in [0.3, 0.4) is 0 Å². The van der Waals surface area contributed by atoms with Crippen LogP contribution in [0.1, 0.15) is 23.1 Å². The van der Waals surface area contributed by atoms with Crippen LogP contribution in [0, 0.1) is 0 Å². The highest BCUT2D eigenvalue weighted by molar-refractivity contribution is 5.54. The molecule has 0 amide bonds. The molecule has 0 saturated heterocycles. The second-order valence-corrected chi connectivity index (χ2v) is 5.27. The highest BCUT2D eigenvalue weighted by atomic mass is 19.4. The summed E-state index contributed by atoms with van der Waals surface area (Å²) in [6, 6.07) is 8.97. The fraction of sp³-hybridized carbons (Fsp3) is 0.312. The number of nitrogens with one attached hydrogen (secondary N) is 1. The second kappa shape index (κ2) is 5.39. The molecule has 1 aliphatic heterocycles. The molecule has 1 atom stereocenters. The lowest BCUT2D eigenvalue weighted by molar-refractivity contribution is -0.138. The van der Waals surface area contributed by atoms with Crippen molar-refractivity contribution in [3.63, 3.8) is 0 Å². The predicted octanol–water partition coefficient (Wildman–Crippen LogP) is 4.07. The Morgan fingerprint density at radius 1 is 1.19 bits per heavy atom. The van der Waals surface area contributed by atoms with E-state index in [-0.39, 0.29) is 11.6 Å². The van der Waals surface area contributed by atoms with Crippen LogP contribution < -0.4 is 5.32 Å². The maximum Gasteiger partial charge on any atom is 0.416 e. The molecular weight excluding hydrogens is 277 g/mol. The first kappa shape index (κ1) is 13.9. The van der Waals surface area contributed by atoms with Crippen molar-refractivity contribution in [2.24, 2.45) is 0 Å². The summed E-state index contributed by atoms with van der Waals surface area (Å²) in [4.78, 5) is 3.84. The van der Waals surface area contributed by atoms with E-state index in [1.165, 1.54) is 18.0 Å². The summed E-state index contributed by atoms with van der Waals surface area (Å²) in [6.45, 7) is 0. The number of hydrogen-bond donors (Lipinski definition) is 1.